The molecule has 1 aromatic rings. The number of rotatable bonds is 4. The second kappa shape index (κ2) is 7.71. The smallest absolute Gasteiger partial charge is 0.336 e. The van der Waals surface area contributed by atoms with Crippen molar-refractivity contribution in [3.05, 3.63) is 56.3 Å². The molecular formula is C17H16Cl2N2O3. The van der Waals surface area contributed by atoms with Crippen LogP contribution >= 0.6 is 23.2 Å². The number of carbonyl (C=O) groups excluding carboxylic acids is 1. The third-order valence-electron chi connectivity index (χ3n) is 3.75. The second-order valence-corrected chi connectivity index (χ2v) is 5.98. The van der Waals surface area contributed by atoms with Crippen molar-refractivity contribution in [3.63, 3.8) is 0 Å². The molecule has 0 aromatic heterocycles. The zero-order valence-electron chi connectivity index (χ0n) is 13.4. The van der Waals surface area contributed by atoms with E-state index in [9.17, 15) is 10.1 Å². The highest BCUT2D eigenvalue weighted by Gasteiger charge is 2.37. The molecule has 0 spiro atoms. The Kier molecular flexibility index (Phi) is 5.89. The molecule has 0 bridgehead atoms. The molecule has 1 unspecified atom stereocenters. The number of ether oxygens (including phenoxy) is 2. The Balaban J connectivity index is 2.79. The molecule has 0 fully saturated rings. The Labute approximate surface area is 150 Å². The fourth-order valence-corrected chi connectivity index (χ4v) is 3.34. The van der Waals surface area contributed by atoms with Crippen LogP contribution in [0.1, 0.15) is 18.4 Å². The van der Waals surface area contributed by atoms with Crippen LogP contribution in [0.4, 0.5) is 0 Å². The van der Waals surface area contributed by atoms with E-state index in [1.54, 1.807) is 25.1 Å². The maximum atomic E-state index is 12.4. The summed E-state index contributed by atoms with van der Waals surface area (Å²) in [6, 6.07) is 7.18. The number of nitrogens with zero attached hydrogens (tertiary/aromatic N) is 1. The number of methoxy groups -OCH3 is 2. The first kappa shape index (κ1) is 18.3. The van der Waals surface area contributed by atoms with E-state index in [2.05, 4.69) is 11.4 Å². The predicted molar refractivity (Wildman–Crippen MR) is 91.6 cm³/mol. The summed E-state index contributed by atoms with van der Waals surface area (Å²) in [5.41, 5.74) is 2.23. The largest absolute Gasteiger partial charge is 0.466 e. The molecule has 0 radical (unpaired) electrons. The number of nitrogens with one attached hydrogen (secondary N) is 1. The molecule has 0 saturated carbocycles. The molecule has 1 heterocycles. The highest BCUT2D eigenvalue weighted by Crippen LogP contribution is 2.43. The number of allylic oxidation sites excluding steroid dienone is 2. The molecule has 5 nitrogen and oxygen atoms in total. The summed E-state index contributed by atoms with van der Waals surface area (Å²) >= 11 is 12.7. The number of dihydropyridines is 1. The summed E-state index contributed by atoms with van der Waals surface area (Å²) in [5, 5.41) is 13.4. The zero-order chi connectivity index (χ0) is 17.9. The van der Waals surface area contributed by atoms with Gasteiger partial charge >= 0.3 is 5.97 Å². The van der Waals surface area contributed by atoms with Crippen LogP contribution in [0.3, 0.4) is 0 Å². The lowest BCUT2D eigenvalue weighted by Gasteiger charge is -2.30. The van der Waals surface area contributed by atoms with Crippen molar-refractivity contribution in [1.82, 2.24) is 5.32 Å². The highest BCUT2D eigenvalue weighted by atomic mass is 35.5. The number of nitriles is 1. The Hall–Kier alpha value is -2.00. The lowest BCUT2D eigenvalue weighted by atomic mass is 9.80. The minimum Gasteiger partial charge on any atom is -0.466 e. The van der Waals surface area contributed by atoms with Crippen molar-refractivity contribution in [3.8, 4) is 6.07 Å². The van der Waals surface area contributed by atoms with Crippen LogP contribution in [-0.2, 0) is 14.3 Å². The molecule has 1 atom stereocenters. The van der Waals surface area contributed by atoms with Gasteiger partial charge in [-0.3, -0.25) is 0 Å². The van der Waals surface area contributed by atoms with Gasteiger partial charge in [-0.15, -0.1) is 0 Å². The molecule has 1 aromatic carbocycles. The van der Waals surface area contributed by atoms with E-state index in [0.29, 0.717) is 32.6 Å². The molecule has 24 heavy (non-hydrogen) atoms. The average molecular weight is 367 g/mol. The van der Waals surface area contributed by atoms with Crippen LogP contribution in [0, 0.1) is 11.3 Å². The van der Waals surface area contributed by atoms with Crippen LogP contribution < -0.4 is 5.32 Å². The Morgan fingerprint density at radius 3 is 2.46 bits per heavy atom. The van der Waals surface area contributed by atoms with E-state index in [0.717, 1.165) is 0 Å². The Morgan fingerprint density at radius 2 is 1.96 bits per heavy atom. The van der Waals surface area contributed by atoms with Gasteiger partial charge in [-0.25, -0.2) is 4.79 Å². The number of hydrogen-bond acceptors (Lipinski definition) is 5. The number of carbonyl (C=O) groups is 1. The van der Waals surface area contributed by atoms with Crippen molar-refractivity contribution in [1.29, 1.82) is 5.26 Å². The lowest BCUT2D eigenvalue weighted by Crippen LogP contribution is -2.31. The molecular weight excluding hydrogens is 351 g/mol. The first-order valence-corrected chi connectivity index (χ1v) is 7.83. The fraction of sp³-hybridized carbons (Fsp3) is 0.294. The fourth-order valence-electron chi connectivity index (χ4n) is 2.73. The SMILES string of the molecule is COCC1=C(C(=O)OC)C(c2c(Cl)cccc2Cl)C(C#N)=C(C)N1. The first-order chi connectivity index (χ1) is 11.5. The maximum Gasteiger partial charge on any atom is 0.336 e. The molecule has 0 saturated heterocycles. The van der Waals surface area contributed by atoms with Crippen molar-refractivity contribution >= 4 is 29.2 Å². The summed E-state index contributed by atoms with van der Waals surface area (Å²) in [5.74, 6) is -1.30. The molecule has 0 aliphatic carbocycles. The third kappa shape index (κ3) is 3.27. The highest BCUT2D eigenvalue weighted by molar-refractivity contribution is 6.36. The number of halogens is 2. The van der Waals surface area contributed by atoms with E-state index in [1.807, 2.05) is 0 Å². The predicted octanol–water partition coefficient (Wildman–Crippen LogP) is 3.55. The van der Waals surface area contributed by atoms with E-state index in [1.165, 1.54) is 14.2 Å². The van der Waals surface area contributed by atoms with E-state index < -0.39 is 11.9 Å². The van der Waals surface area contributed by atoms with E-state index in [-0.39, 0.29) is 12.2 Å². The van der Waals surface area contributed by atoms with Gasteiger partial charge in [0.15, 0.2) is 0 Å². The molecule has 1 aliphatic rings. The van der Waals surface area contributed by atoms with Crippen molar-refractivity contribution in [2.75, 3.05) is 20.8 Å². The van der Waals surface area contributed by atoms with Gasteiger partial charge in [-0.2, -0.15) is 5.26 Å². The van der Waals surface area contributed by atoms with Crippen LogP contribution in [0.2, 0.25) is 10.0 Å². The molecule has 1 aliphatic heterocycles. The number of benzene rings is 1. The molecule has 7 heteroatoms. The standard InChI is InChI=1S/C17H16Cl2N2O3/c1-9-10(7-20)14(15-11(18)5-4-6-12(15)19)16(17(22)24-3)13(21-9)8-23-2/h4-6,14,21H,8H2,1-3H3. The molecule has 1 N–H and O–H groups in total. The van der Waals surface area contributed by atoms with Crippen molar-refractivity contribution < 1.29 is 14.3 Å². The van der Waals surface area contributed by atoms with Crippen LogP contribution in [0.25, 0.3) is 0 Å². The third-order valence-corrected chi connectivity index (χ3v) is 4.41. The van der Waals surface area contributed by atoms with Crippen molar-refractivity contribution in [2.45, 2.75) is 12.8 Å². The topological polar surface area (TPSA) is 71.3 Å². The van der Waals surface area contributed by atoms with Gasteiger partial charge in [0.1, 0.15) is 0 Å². The quantitative estimate of drug-likeness (QED) is 0.824. The van der Waals surface area contributed by atoms with Gasteiger partial charge in [0, 0.05) is 28.4 Å². The van der Waals surface area contributed by atoms with Crippen LogP contribution in [-0.4, -0.2) is 26.8 Å². The Morgan fingerprint density at radius 1 is 1.33 bits per heavy atom. The average Bonchev–Trinajstić information content (AvgIpc) is 2.54. The normalized spacial score (nSPS) is 17.4. The molecule has 0 amide bonds. The van der Waals surface area contributed by atoms with Gasteiger partial charge in [0.05, 0.1) is 42.5 Å². The summed E-state index contributed by atoms with van der Waals surface area (Å²) in [4.78, 5) is 12.4. The minimum atomic E-state index is -0.727. The van der Waals surface area contributed by atoms with Gasteiger partial charge in [0.25, 0.3) is 0 Å². The van der Waals surface area contributed by atoms with Gasteiger partial charge in [0.2, 0.25) is 0 Å². The van der Waals surface area contributed by atoms with Crippen LogP contribution in [0.15, 0.2) is 40.7 Å². The summed E-state index contributed by atoms with van der Waals surface area (Å²) in [7, 11) is 2.79. The monoisotopic (exact) mass is 366 g/mol. The van der Waals surface area contributed by atoms with Crippen molar-refractivity contribution in [2.24, 2.45) is 0 Å². The number of esters is 1. The zero-order valence-corrected chi connectivity index (χ0v) is 15.0. The summed E-state index contributed by atoms with van der Waals surface area (Å²) < 4.78 is 10.1. The second-order valence-electron chi connectivity index (χ2n) is 5.16. The molecule has 2 rings (SSSR count). The lowest BCUT2D eigenvalue weighted by molar-refractivity contribution is -0.136. The number of hydrogen-bond donors (Lipinski definition) is 1. The summed E-state index contributed by atoms with van der Waals surface area (Å²) in [6.07, 6.45) is 0. The van der Waals surface area contributed by atoms with Gasteiger partial charge in [-0.1, -0.05) is 29.3 Å². The van der Waals surface area contributed by atoms with E-state index in [4.69, 9.17) is 32.7 Å². The first-order valence-electron chi connectivity index (χ1n) is 7.08. The van der Waals surface area contributed by atoms with Crippen LogP contribution in [0.5, 0.6) is 0 Å². The van der Waals surface area contributed by atoms with Gasteiger partial charge in [-0.05, 0) is 19.1 Å². The maximum absolute atomic E-state index is 12.4. The van der Waals surface area contributed by atoms with Gasteiger partial charge < -0.3 is 14.8 Å². The summed E-state index contributed by atoms with van der Waals surface area (Å²) in [6.45, 7) is 1.90. The minimum absolute atomic E-state index is 0.152. The van der Waals surface area contributed by atoms with E-state index >= 15 is 0 Å². The molecule has 126 valence electrons. The Bertz CT molecular complexity index is 758.